The lowest BCUT2D eigenvalue weighted by atomic mass is 9.81. The Hall–Kier alpha value is -3.15. The SMILES string of the molecule is CCC[C@H](C(N)=O)[C@@H](CC(C)C)C(=O)N[C@H]1CCCCN(Cc2cccc(-c3ccc(C)cc3)c2)C1=O. The minimum Gasteiger partial charge on any atom is -0.369 e. The molecule has 0 bridgehead atoms. The molecule has 3 N–H and O–H groups in total. The number of rotatable bonds is 11. The van der Waals surface area contributed by atoms with Crippen LogP contribution in [0.5, 0.6) is 0 Å². The molecule has 3 rings (SSSR count). The van der Waals surface area contributed by atoms with Crippen LogP contribution in [0.2, 0.25) is 0 Å². The molecular weight excluding hydrogens is 462 g/mol. The second-order valence-corrected chi connectivity index (χ2v) is 10.9. The summed E-state index contributed by atoms with van der Waals surface area (Å²) in [4.78, 5) is 41.1. The number of likely N-dealkylation sites (tertiary alicyclic amines) is 1. The van der Waals surface area contributed by atoms with E-state index in [1.807, 2.05) is 37.8 Å². The minimum atomic E-state index is -0.583. The van der Waals surface area contributed by atoms with Gasteiger partial charge in [-0.3, -0.25) is 14.4 Å². The first-order valence-corrected chi connectivity index (χ1v) is 13.7. The smallest absolute Gasteiger partial charge is 0.245 e. The van der Waals surface area contributed by atoms with Gasteiger partial charge in [-0.2, -0.15) is 0 Å². The Kier molecular flexibility index (Phi) is 10.3. The summed E-state index contributed by atoms with van der Waals surface area (Å²) >= 11 is 0. The number of amides is 3. The van der Waals surface area contributed by atoms with E-state index in [-0.39, 0.29) is 17.7 Å². The first-order chi connectivity index (χ1) is 17.7. The van der Waals surface area contributed by atoms with Crippen molar-refractivity contribution in [2.24, 2.45) is 23.5 Å². The lowest BCUT2D eigenvalue weighted by Gasteiger charge is -2.29. The Morgan fingerprint density at radius 2 is 1.78 bits per heavy atom. The zero-order valence-corrected chi connectivity index (χ0v) is 22.8. The van der Waals surface area contributed by atoms with Crippen molar-refractivity contribution >= 4 is 17.7 Å². The van der Waals surface area contributed by atoms with Gasteiger partial charge in [0, 0.05) is 24.9 Å². The van der Waals surface area contributed by atoms with Crippen molar-refractivity contribution in [1.82, 2.24) is 10.2 Å². The number of nitrogens with zero attached hydrogens (tertiary/aromatic N) is 1. The van der Waals surface area contributed by atoms with Crippen LogP contribution in [0.3, 0.4) is 0 Å². The monoisotopic (exact) mass is 505 g/mol. The number of nitrogens with one attached hydrogen (secondary N) is 1. The molecule has 0 radical (unpaired) electrons. The minimum absolute atomic E-state index is 0.0546. The fourth-order valence-electron chi connectivity index (χ4n) is 5.31. The van der Waals surface area contributed by atoms with Crippen molar-refractivity contribution < 1.29 is 14.4 Å². The van der Waals surface area contributed by atoms with Crippen molar-refractivity contribution in [3.8, 4) is 11.1 Å². The molecule has 2 aromatic carbocycles. The Bertz CT molecular complexity index is 1060. The quantitative estimate of drug-likeness (QED) is 0.438. The zero-order chi connectivity index (χ0) is 26.9. The van der Waals surface area contributed by atoms with Gasteiger partial charge in [-0.05, 0) is 67.7 Å². The Morgan fingerprint density at radius 3 is 2.43 bits per heavy atom. The first-order valence-electron chi connectivity index (χ1n) is 13.7. The lowest BCUT2D eigenvalue weighted by Crippen LogP contribution is -2.50. The fraction of sp³-hybridized carbons (Fsp3) is 0.516. The summed E-state index contributed by atoms with van der Waals surface area (Å²) in [6, 6.07) is 16.1. The van der Waals surface area contributed by atoms with Gasteiger partial charge >= 0.3 is 0 Å². The van der Waals surface area contributed by atoms with E-state index in [1.165, 1.54) is 5.56 Å². The molecule has 1 heterocycles. The average Bonchev–Trinajstić information content (AvgIpc) is 3.03. The number of aryl methyl sites for hydroxylation is 1. The highest BCUT2D eigenvalue weighted by atomic mass is 16.2. The topological polar surface area (TPSA) is 92.5 Å². The molecule has 1 aliphatic heterocycles. The van der Waals surface area contributed by atoms with Crippen LogP contribution in [0, 0.1) is 24.7 Å². The molecule has 0 aliphatic carbocycles. The van der Waals surface area contributed by atoms with Crippen LogP contribution in [0.25, 0.3) is 11.1 Å². The molecule has 0 saturated carbocycles. The highest BCUT2D eigenvalue weighted by Gasteiger charge is 2.35. The van der Waals surface area contributed by atoms with Crippen molar-refractivity contribution in [2.45, 2.75) is 78.8 Å². The molecule has 0 aromatic heterocycles. The molecule has 6 heteroatoms. The molecule has 1 fully saturated rings. The number of benzene rings is 2. The number of primary amides is 1. The Labute approximate surface area is 222 Å². The van der Waals surface area contributed by atoms with E-state index in [9.17, 15) is 14.4 Å². The Balaban J connectivity index is 1.75. The summed E-state index contributed by atoms with van der Waals surface area (Å²) < 4.78 is 0. The van der Waals surface area contributed by atoms with E-state index < -0.39 is 23.8 Å². The Morgan fingerprint density at radius 1 is 1.05 bits per heavy atom. The molecule has 2 aromatic rings. The van der Waals surface area contributed by atoms with Crippen LogP contribution in [0.4, 0.5) is 0 Å². The third kappa shape index (κ3) is 7.91. The van der Waals surface area contributed by atoms with Gasteiger partial charge < -0.3 is 16.0 Å². The number of hydrogen-bond acceptors (Lipinski definition) is 3. The highest BCUT2D eigenvalue weighted by molar-refractivity contribution is 5.91. The van der Waals surface area contributed by atoms with E-state index in [0.717, 1.165) is 36.0 Å². The van der Waals surface area contributed by atoms with Gasteiger partial charge in [0.05, 0.1) is 0 Å². The standard InChI is InChI=1S/C31H43N3O3/c1-5-9-26(29(32)35)27(18-21(2)3)30(36)33-28-12-6-7-17-34(31(28)37)20-23-10-8-11-25(19-23)24-15-13-22(4)14-16-24/h8,10-11,13-16,19,21,26-28H,5-7,9,12,17-18,20H2,1-4H3,(H2,32,35)(H,33,36)/t26-,27+,28-/m0/s1. The van der Waals surface area contributed by atoms with E-state index in [2.05, 4.69) is 48.6 Å². The molecule has 37 heavy (non-hydrogen) atoms. The van der Waals surface area contributed by atoms with Crippen LogP contribution < -0.4 is 11.1 Å². The molecule has 0 unspecified atom stereocenters. The molecule has 3 amide bonds. The van der Waals surface area contributed by atoms with E-state index in [0.29, 0.717) is 32.4 Å². The van der Waals surface area contributed by atoms with Gasteiger partial charge in [0.2, 0.25) is 17.7 Å². The maximum Gasteiger partial charge on any atom is 0.245 e. The van der Waals surface area contributed by atoms with Crippen molar-refractivity contribution in [1.29, 1.82) is 0 Å². The van der Waals surface area contributed by atoms with Crippen LogP contribution in [0.15, 0.2) is 48.5 Å². The summed E-state index contributed by atoms with van der Waals surface area (Å²) in [6.45, 7) is 9.29. The van der Waals surface area contributed by atoms with Gasteiger partial charge in [0.25, 0.3) is 0 Å². The molecule has 1 aliphatic rings. The normalized spacial score (nSPS) is 17.8. The van der Waals surface area contributed by atoms with Crippen LogP contribution in [-0.2, 0) is 20.9 Å². The number of carbonyl (C=O) groups is 3. The number of hydrogen-bond donors (Lipinski definition) is 2. The zero-order valence-electron chi connectivity index (χ0n) is 22.8. The fourth-order valence-corrected chi connectivity index (χ4v) is 5.31. The van der Waals surface area contributed by atoms with Crippen LogP contribution in [-0.4, -0.2) is 35.2 Å². The van der Waals surface area contributed by atoms with Crippen LogP contribution in [0.1, 0.15) is 70.4 Å². The largest absolute Gasteiger partial charge is 0.369 e. The molecular formula is C31H43N3O3. The summed E-state index contributed by atoms with van der Waals surface area (Å²) in [5.41, 5.74) is 10.2. The van der Waals surface area contributed by atoms with E-state index in [1.54, 1.807) is 0 Å². The van der Waals surface area contributed by atoms with Gasteiger partial charge in [0.1, 0.15) is 6.04 Å². The average molecular weight is 506 g/mol. The van der Waals surface area contributed by atoms with E-state index in [4.69, 9.17) is 5.73 Å². The van der Waals surface area contributed by atoms with Crippen LogP contribution >= 0.6 is 0 Å². The predicted octanol–water partition coefficient (Wildman–Crippen LogP) is 5.22. The van der Waals surface area contributed by atoms with Gasteiger partial charge in [-0.1, -0.05) is 75.2 Å². The summed E-state index contributed by atoms with van der Waals surface area (Å²) in [7, 11) is 0. The van der Waals surface area contributed by atoms with Gasteiger partial charge in [-0.25, -0.2) is 0 Å². The molecule has 200 valence electrons. The van der Waals surface area contributed by atoms with Crippen molar-refractivity contribution in [3.05, 3.63) is 59.7 Å². The summed E-state index contributed by atoms with van der Waals surface area (Å²) in [5.74, 6) is -1.53. The second kappa shape index (κ2) is 13.4. The third-order valence-electron chi connectivity index (χ3n) is 7.30. The highest BCUT2D eigenvalue weighted by Crippen LogP contribution is 2.27. The van der Waals surface area contributed by atoms with Gasteiger partial charge in [0.15, 0.2) is 0 Å². The second-order valence-electron chi connectivity index (χ2n) is 10.9. The maximum atomic E-state index is 13.6. The number of nitrogens with two attached hydrogens (primary N) is 1. The van der Waals surface area contributed by atoms with E-state index >= 15 is 0 Å². The van der Waals surface area contributed by atoms with Crippen molar-refractivity contribution in [2.75, 3.05) is 6.54 Å². The van der Waals surface area contributed by atoms with Crippen molar-refractivity contribution in [3.63, 3.8) is 0 Å². The maximum absolute atomic E-state index is 13.6. The predicted molar refractivity (Wildman–Crippen MR) is 148 cm³/mol. The molecule has 6 nitrogen and oxygen atoms in total. The van der Waals surface area contributed by atoms with Gasteiger partial charge in [-0.15, -0.1) is 0 Å². The summed E-state index contributed by atoms with van der Waals surface area (Å²) in [6.07, 6.45) is 4.27. The number of carbonyl (C=O) groups excluding carboxylic acids is 3. The lowest BCUT2D eigenvalue weighted by molar-refractivity contribution is -0.139. The first kappa shape index (κ1) is 28.4. The summed E-state index contributed by atoms with van der Waals surface area (Å²) in [5, 5.41) is 3.03. The molecule has 3 atom stereocenters. The molecule has 1 saturated heterocycles. The molecule has 0 spiro atoms. The third-order valence-corrected chi connectivity index (χ3v) is 7.30.